The van der Waals surface area contributed by atoms with Crippen LogP contribution in [0.1, 0.15) is 45.1 Å². The summed E-state index contributed by atoms with van der Waals surface area (Å²) in [4.78, 5) is 6.64. The number of hydrogen-bond donors (Lipinski definition) is 1. The highest BCUT2D eigenvalue weighted by atomic mass is 15.1. The zero-order valence-corrected chi connectivity index (χ0v) is 13.0. The van der Waals surface area contributed by atoms with Crippen LogP contribution >= 0.6 is 0 Å². The van der Waals surface area contributed by atoms with Crippen molar-refractivity contribution >= 4 is 0 Å². The van der Waals surface area contributed by atoms with Gasteiger partial charge in [0.2, 0.25) is 0 Å². The fraction of sp³-hybridized carbons (Fsp3) is 0.706. The molecule has 0 bridgehead atoms. The van der Waals surface area contributed by atoms with Gasteiger partial charge in [-0.25, -0.2) is 0 Å². The first-order chi connectivity index (χ1) is 9.67. The molecule has 2 unspecified atom stereocenters. The summed E-state index contributed by atoms with van der Waals surface area (Å²) in [6.07, 6.45) is 9.05. The standard InChI is InChI=1S/C17H29N3/c1-3-20(12-16-6-9-19-10-7-16)14-17(13-18)8-4-5-15(2)11-17/h6-7,9-10,15H,3-5,8,11-14,18H2,1-2H3. The Balaban J connectivity index is 2.00. The predicted octanol–water partition coefficient (Wildman–Crippen LogP) is 3.06. The van der Waals surface area contributed by atoms with Gasteiger partial charge in [0.25, 0.3) is 0 Å². The van der Waals surface area contributed by atoms with Gasteiger partial charge in [0.15, 0.2) is 0 Å². The zero-order valence-electron chi connectivity index (χ0n) is 13.0. The summed E-state index contributed by atoms with van der Waals surface area (Å²) in [5.41, 5.74) is 7.84. The van der Waals surface area contributed by atoms with E-state index in [0.29, 0.717) is 5.41 Å². The van der Waals surface area contributed by atoms with Crippen molar-refractivity contribution in [3.8, 4) is 0 Å². The molecule has 0 amide bonds. The first-order valence-corrected chi connectivity index (χ1v) is 7.99. The second-order valence-electron chi connectivity index (χ2n) is 6.56. The SMILES string of the molecule is CCN(Cc1ccncc1)CC1(CN)CCCC(C)C1. The fourth-order valence-corrected chi connectivity index (χ4v) is 3.66. The fourth-order valence-electron chi connectivity index (χ4n) is 3.66. The van der Waals surface area contributed by atoms with Crippen molar-refractivity contribution in [1.82, 2.24) is 9.88 Å². The van der Waals surface area contributed by atoms with Crippen LogP contribution in [-0.2, 0) is 6.54 Å². The Morgan fingerprint density at radius 3 is 2.75 bits per heavy atom. The number of pyridine rings is 1. The lowest BCUT2D eigenvalue weighted by molar-refractivity contribution is 0.0872. The van der Waals surface area contributed by atoms with Crippen LogP contribution < -0.4 is 5.73 Å². The molecule has 3 nitrogen and oxygen atoms in total. The molecule has 2 rings (SSSR count). The molecule has 20 heavy (non-hydrogen) atoms. The number of hydrogen-bond acceptors (Lipinski definition) is 3. The van der Waals surface area contributed by atoms with Crippen molar-refractivity contribution in [2.45, 2.75) is 46.1 Å². The maximum atomic E-state index is 6.16. The summed E-state index contributed by atoms with van der Waals surface area (Å²) in [5, 5.41) is 0. The van der Waals surface area contributed by atoms with Gasteiger partial charge in [-0.3, -0.25) is 9.88 Å². The van der Waals surface area contributed by atoms with E-state index in [1.807, 2.05) is 12.4 Å². The van der Waals surface area contributed by atoms with Crippen molar-refractivity contribution in [2.24, 2.45) is 17.1 Å². The minimum Gasteiger partial charge on any atom is -0.330 e. The Bertz CT molecular complexity index is 392. The van der Waals surface area contributed by atoms with Crippen molar-refractivity contribution < 1.29 is 0 Å². The summed E-state index contributed by atoms with van der Waals surface area (Å²) in [6, 6.07) is 4.22. The van der Waals surface area contributed by atoms with Crippen LogP contribution in [0.5, 0.6) is 0 Å². The molecular formula is C17H29N3. The molecule has 0 aromatic carbocycles. The van der Waals surface area contributed by atoms with Crippen molar-refractivity contribution in [3.63, 3.8) is 0 Å². The lowest BCUT2D eigenvalue weighted by Gasteiger charge is -2.42. The molecule has 0 spiro atoms. The van der Waals surface area contributed by atoms with Gasteiger partial charge in [-0.1, -0.05) is 26.7 Å². The van der Waals surface area contributed by atoms with Crippen LogP contribution in [0.4, 0.5) is 0 Å². The third kappa shape index (κ3) is 4.03. The Labute approximate surface area is 123 Å². The zero-order chi connectivity index (χ0) is 14.4. The summed E-state index contributed by atoms with van der Waals surface area (Å²) < 4.78 is 0. The van der Waals surface area contributed by atoms with Gasteiger partial charge >= 0.3 is 0 Å². The van der Waals surface area contributed by atoms with Crippen molar-refractivity contribution in [1.29, 1.82) is 0 Å². The summed E-state index contributed by atoms with van der Waals surface area (Å²) in [5.74, 6) is 0.826. The van der Waals surface area contributed by atoms with Crippen LogP contribution in [0, 0.1) is 11.3 Å². The molecule has 2 N–H and O–H groups in total. The summed E-state index contributed by atoms with van der Waals surface area (Å²) in [7, 11) is 0. The third-order valence-corrected chi connectivity index (χ3v) is 4.78. The molecule has 0 radical (unpaired) electrons. The van der Waals surface area contributed by atoms with E-state index in [4.69, 9.17) is 5.73 Å². The maximum absolute atomic E-state index is 6.16. The first-order valence-electron chi connectivity index (χ1n) is 7.99. The maximum Gasteiger partial charge on any atom is 0.0271 e. The summed E-state index contributed by atoms with van der Waals surface area (Å²) >= 11 is 0. The van der Waals surface area contributed by atoms with Gasteiger partial charge in [0.05, 0.1) is 0 Å². The average Bonchev–Trinajstić information content (AvgIpc) is 2.47. The lowest BCUT2D eigenvalue weighted by atomic mass is 9.69. The molecular weight excluding hydrogens is 246 g/mol. The number of nitrogens with two attached hydrogens (primary N) is 1. The van der Waals surface area contributed by atoms with Gasteiger partial charge in [-0.2, -0.15) is 0 Å². The lowest BCUT2D eigenvalue weighted by Crippen LogP contribution is -2.45. The van der Waals surface area contributed by atoms with Gasteiger partial charge in [0, 0.05) is 25.5 Å². The molecule has 1 aliphatic rings. The quantitative estimate of drug-likeness (QED) is 0.867. The molecule has 0 saturated heterocycles. The first kappa shape index (κ1) is 15.5. The smallest absolute Gasteiger partial charge is 0.0271 e. The highest BCUT2D eigenvalue weighted by Crippen LogP contribution is 2.39. The van der Waals surface area contributed by atoms with E-state index in [2.05, 4.69) is 35.9 Å². The molecule has 1 aromatic rings. The minimum absolute atomic E-state index is 0.334. The van der Waals surface area contributed by atoms with Crippen molar-refractivity contribution in [3.05, 3.63) is 30.1 Å². The van der Waals surface area contributed by atoms with E-state index in [1.54, 1.807) is 0 Å². The molecule has 112 valence electrons. The number of aromatic nitrogens is 1. The van der Waals surface area contributed by atoms with E-state index in [9.17, 15) is 0 Å². The normalized spacial score (nSPS) is 26.9. The molecule has 3 heteroatoms. The molecule has 1 saturated carbocycles. The number of nitrogens with zero attached hydrogens (tertiary/aromatic N) is 2. The van der Waals surface area contributed by atoms with Gasteiger partial charge in [-0.05, 0) is 55.0 Å². The van der Waals surface area contributed by atoms with E-state index < -0.39 is 0 Å². The monoisotopic (exact) mass is 275 g/mol. The molecule has 1 aromatic heterocycles. The summed E-state index contributed by atoms with van der Waals surface area (Å²) in [6.45, 7) is 8.67. The van der Waals surface area contributed by atoms with Gasteiger partial charge in [0.1, 0.15) is 0 Å². The van der Waals surface area contributed by atoms with Crippen LogP contribution in [0.25, 0.3) is 0 Å². The Morgan fingerprint density at radius 2 is 2.15 bits per heavy atom. The molecule has 1 aliphatic carbocycles. The second-order valence-corrected chi connectivity index (χ2v) is 6.56. The average molecular weight is 275 g/mol. The third-order valence-electron chi connectivity index (χ3n) is 4.78. The van der Waals surface area contributed by atoms with Crippen LogP contribution in [0.3, 0.4) is 0 Å². The Hall–Kier alpha value is -0.930. The van der Waals surface area contributed by atoms with Gasteiger partial charge < -0.3 is 5.73 Å². The molecule has 0 aliphatic heterocycles. The second kappa shape index (κ2) is 7.19. The van der Waals surface area contributed by atoms with E-state index in [-0.39, 0.29) is 0 Å². The Morgan fingerprint density at radius 1 is 1.40 bits per heavy atom. The van der Waals surface area contributed by atoms with Crippen LogP contribution in [-0.4, -0.2) is 29.5 Å². The number of rotatable bonds is 6. The van der Waals surface area contributed by atoms with E-state index in [1.165, 1.54) is 31.2 Å². The highest BCUT2D eigenvalue weighted by Gasteiger charge is 2.35. The highest BCUT2D eigenvalue weighted by molar-refractivity contribution is 5.09. The largest absolute Gasteiger partial charge is 0.330 e. The van der Waals surface area contributed by atoms with E-state index >= 15 is 0 Å². The topological polar surface area (TPSA) is 42.2 Å². The molecule has 1 heterocycles. The minimum atomic E-state index is 0.334. The Kier molecular flexibility index (Phi) is 5.55. The van der Waals surface area contributed by atoms with Gasteiger partial charge in [-0.15, -0.1) is 0 Å². The molecule has 1 fully saturated rings. The molecule has 2 atom stereocenters. The van der Waals surface area contributed by atoms with Crippen LogP contribution in [0.15, 0.2) is 24.5 Å². The predicted molar refractivity (Wildman–Crippen MR) is 84.3 cm³/mol. The van der Waals surface area contributed by atoms with E-state index in [0.717, 1.165) is 32.1 Å². The van der Waals surface area contributed by atoms with Crippen molar-refractivity contribution in [2.75, 3.05) is 19.6 Å². The van der Waals surface area contributed by atoms with Crippen LogP contribution in [0.2, 0.25) is 0 Å².